The number of hydrogen-bond donors (Lipinski definition) is 2. The maximum Gasteiger partial charge on any atom is 0.0693 e. The fraction of sp³-hybridized carbons (Fsp3) is 1.00. The molecule has 2 atom stereocenters. The van der Waals surface area contributed by atoms with Gasteiger partial charge in [-0.1, -0.05) is 19.8 Å². The molecule has 0 unspecified atom stereocenters. The Bertz CT molecular complexity index is 183. The van der Waals surface area contributed by atoms with Gasteiger partial charge in [-0.3, -0.25) is 0 Å². The van der Waals surface area contributed by atoms with Crippen molar-refractivity contribution in [1.82, 2.24) is 5.32 Å². The smallest absolute Gasteiger partial charge is 0.0693 e. The van der Waals surface area contributed by atoms with Crippen molar-refractivity contribution in [1.29, 1.82) is 0 Å². The molecular weight excluding hydrogens is 174 g/mol. The molecular formula is C12H23NO. The van der Waals surface area contributed by atoms with E-state index in [9.17, 15) is 5.11 Å². The Morgan fingerprint density at radius 1 is 1.21 bits per heavy atom. The number of nitrogens with one attached hydrogen (secondary N) is 1. The summed E-state index contributed by atoms with van der Waals surface area (Å²) in [5.41, 5.74) is 0.392. The van der Waals surface area contributed by atoms with Gasteiger partial charge in [0.25, 0.3) is 0 Å². The Balaban J connectivity index is 1.88. The van der Waals surface area contributed by atoms with Gasteiger partial charge < -0.3 is 10.4 Å². The fourth-order valence-electron chi connectivity index (χ4n) is 2.88. The van der Waals surface area contributed by atoms with E-state index in [-0.39, 0.29) is 6.10 Å². The summed E-state index contributed by atoms with van der Waals surface area (Å²) in [6.07, 6.45) is 9.78. The van der Waals surface area contributed by atoms with Crippen molar-refractivity contribution >= 4 is 0 Å². The van der Waals surface area contributed by atoms with E-state index in [1.165, 1.54) is 44.9 Å². The minimum Gasteiger partial charge on any atom is -0.392 e. The first-order valence-corrected chi connectivity index (χ1v) is 6.21. The predicted molar refractivity (Wildman–Crippen MR) is 58.3 cm³/mol. The highest BCUT2D eigenvalue weighted by atomic mass is 16.3. The van der Waals surface area contributed by atoms with Crippen LogP contribution in [-0.2, 0) is 0 Å². The molecule has 0 bridgehead atoms. The number of aliphatic hydroxyl groups excluding tert-OH is 1. The second kappa shape index (κ2) is 4.19. The molecule has 82 valence electrons. The van der Waals surface area contributed by atoms with Gasteiger partial charge in [0.15, 0.2) is 0 Å². The molecule has 2 heteroatoms. The molecule has 0 saturated heterocycles. The summed E-state index contributed by atoms with van der Waals surface area (Å²) in [6, 6.07) is 0.379. The van der Waals surface area contributed by atoms with Crippen LogP contribution in [0.5, 0.6) is 0 Å². The quantitative estimate of drug-likeness (QED) is 0.727. The third kappa shape index (κ3) is 1.96. The predicted octanol–water partition coefficient (Wildman–Crippen LogP) is 2.21. The van der Waals surface area contributed by atoms with Gasteiger partial charge in [0, 0.05) is 11.6 Å². The highest BCUT2D eigenvalue weighted by Gasteiger charge is 2.38. The molecule has 0 aromatic rings. The van der Waals surface area contributed by atoms with E-state index in [2.05, 4.69) is 12.2 Å². The normalized spacial score (nSPS) is 36.4. The number of aliphatic hydroxyl groups is 1. The van der Waals surface area contributed by atoms with Crippen LogP contribution in [0.4, 0.5) is 0 Å². The second-order valence-corrected chi connectivity index (χ2v) is 5.09. The standard InChI is InChI=1S/C12H23NO/c1-2-12(8-5-9-12)13-10-6-3-4-7-11(10)14/h10-11,13-14H,2-9H2,1H3/t10-,11-/m0/s1. The lowest BCUT2D eigenvalue weighted by Gasteiger charge is -2.46. The Kier molecular flexibility index (Phi) is 3.13. The molecule has 2 nitrogen and oxygen atoms in total. The maximum absolute atomic E-state index is 9.88. The highest BCUT2D eigenvalue weighted by Crippen LogP contribution is 2.36. The molecule has 0 aliphatic heterocycles. The molecule has 0 spiro atoms. The molecule has 0 heterocycles. The lowest BCUT2D eigenvalue weighted by atomic mass is 9.73. The summed E-state index contributed by atoms with van der Waals surface area (Å²) < 4.78 is 0. The minimum atomic E-state index is -0.0900. The van der Waals surface area contributed by atoms with Crippen LogP contribution in [0.3, 0.4) is 0 Å². The van der Waals surface area contributed by atoms with E-state index in [1.54, 1.807) is 0 Å². The molecule has 0 aromatic heterocycles. The van der Waals surface area contributed by atoms with E-state index in [0.717, 1.165) is 6.42 Å². The summed E-state index contributed by atoms with van der Waals surface area (Å²) in [5, 5.41) is 13.6. The first-order valence-electron chi connectivity index (χ1n) is 6.21. The first kappa shape index (κ1) is 10.4. The third-order valence-corrected chi connectivity index (χ3v) is 4.21. The molecule has 0 amide bonds. The van der Waals surface area contributed by atoms with Crippen molar-refractivity contribution < 1.29 is 5.11 Å². The number of hydrogen-bond acceptors (Lipinski definition) is 2. The average Bonchev–Trinajstić information content (AvgIpc) is 2.14. The van der Waals surface area contributed by atoms with Crippen LogP contribution in [0.25, 0.3) is 0 Å². The topological polar surface area (TPSA) is 32.3 Å². The van der Waals surface area contributed by atoms with E-state index in [0.29, 0.717) is 11.6 Å². The second-order valence-electron chi connectivity index (χ2n) is 5.09. The minimum absolute atomic E-state index is 0.0900. The van der Waals surface area contributed by atoms with Gasteiger partial charge in [0.1, 0.15) is 0 Å². The third-order valence-electron chi connectivity index (χ3n) is 4.21. The SMILES string of the molecule is CCC1(N[C@H]2CCCC[C@@H]2O)CCC1. The van der Waals surface area contributed by atoms with E-state index in [1.807, 2.05) is 0 Å². The van der Waals surface area contributed by atoms with Crippen molar-refractivity contribution in [3.05, 3.63) is 0 Å². The summed E-state index contributed by atoms with van der Waals surface area (Å²) in [6.45, 7) is 2.27. The van der Waals surface area contributed by atoms with Gasteiger partial charge in [-0.25, -0.2) is 0 Å². The molecule has 14 heavy (non-hydrogen) atoms. The van der Waals surface area contributed by atoms with Crippen LogP contribution in [0.1, 0.15) is 58.3 Å². The van der Waals surface area contributed by atoms with Crippen LogP contribution in [0.2, 0.25) is 0 Å². The van der Waals surface area contributed by atoms with Gasteiger partial charge in [-0.15, -0.1) is 0 Å². The zero-order valence-electron chi connectivity index (χ0n) is 9.26. The summed E-state index contributed by atoms with van der Waals surface area (Å²) in [7, 11) is 0. The molecule has 2 N–H and O–H groups in total. The van der Waals surface area contributed by atoms with Gasteiger partial charge >= 0.3 is 0 Å². The van der Waals surface area contributed by atoms with E-state index < -0.39 is 0 Å². The van der Waals surface area contributed by atoms with Gasteiger partial charge in [0.05, 0.1) is 6.10 Å². The molecule has 2 aliphatic carbocycles. The van der Waals surface area contributed by atoms with Crippen molar-refractivity contribution in [2.24, 2.45) is 0 Å². The molecule has 0 aromatic carbocycles. The Hall–Kier alpha value is -0.0800. The van der Waals surface area contributed by atoms with Crippen molar-refractivity contribution in [3.8, 4) is 0 Å². The highest BCUT2D eigenvalue weighted by molar-refractivity contribution is 4.98. The van der Waals surface area contributed by atoms with Gasteiger partial charge in [-0.2, -0.15) is 0 Å². The lowest BCUT2D eigenvalue weighted by Crippen LogP contribution is -2.58. The molecule has 0 radical (unpaired) electrons. The van der Waals surface area contributed by atoms with Crippen molar-refractivity contribution in [2.75, 3.05) is 0 Å². The largest absolute Gasteiger partial charge is 0.392 e. The van der Waals surface area contributed by atoms with Crippen LogP contribution < -0.4 is 5.32 Å². The Morgan fingerprint density at radius 2 is 1.93 bits per heavy atom. The fourth-order valence-corrected chi connectivity index (χ4v) is 2.88. The summed E-state index contributed by atoms with van der Waals surface area (Å²) in [5.74, 6) is 0. The van der Waals surface area contributed by atoms with Crippen LogP contribution in [0.15, 0.2) is 0 Å². The summed E-state index contributed by atoms with van der Waals surface area (Å²) >= 11 is 0. The molecule has 2 aliphatic rings. The first-order chi connectivity index (χ1) is 6.76. The van der Waals surface area contributed by atoms with Crippen LogP contribution in [-0.4, -0.2) is 22.8 Å². The van der Waals surface area contributed by atoms with E-state index in [4.69, 9.17) is 0 Å². The van der Waals surface area contributed by atoms with Gasteiger partial charge in [-0.05, 0) is 38.5 Å². The monoisotopic (exact) mass is 197 g/mol. The maximum atomic E-state index is 9.88. The average molecular weight is 197 g/mol. The zero-order valence-corrected chi connectivity index (χ0v) is 9.26. The number of rotatable bonds is 3. The summed E-state index contributed by atoms with van der Waals surface area (Å²) in [4.78, 5) is 0. The molecule has 2 fully saturated rings. The zero-order chi connectivity index (χ0) is 10.0. The van der Waals surface area contributed by atoms with E-state index >= 15 is 0 Å². The Labute approximate surface area is 87.1 Å². The van der Waals surface area contributed by atoms with Crippen molar-refractivity contribution in [3.63, 3.8) is 0 Å². The molecule has 2 rings (SSSR count). The van der Waals surface area contributed by atoms with Crippen LogP contribution in [0, 0.1) is 0 Å². The van der Waals surface area contributed by atoms with Crippen LogP contribution >= 0.6 is 0 Å². The Morgan fingerprint density at radius 3 is 2.43 bits per heavy atom. The van der Waals surface area contributed by atoms with Crippen molar-refractivity contribution in [2.45, 2.75) is 76.0 Å². The molecule has 2 saturated carbocycles. The van der Waals surface area contributed by atoms with Gasteiger partial charge in [0.2, 0.25) is 0 Å². The lowest BCUT2D eigenvalue weighted by molar-refractivity contribution is 0.0494.